The summed E-state index contributed by atoms with van der Waals surface area (Å²) in [5, 5.41) is 4.22. The second kappa shape index (κ2) is 9.51. The molecular formula is C28H32N4OS. The van der Waals surface area contributed by atoms with Crippen molar-refractivity contribution in [2.75, 3.05) is 6.54 Å². The molecule has 1 aliphatic heterocycles. The summed E-state index contributed by atoms with van der Waals surface area (Å²) < 4.78 is 0. The highest BCUT2D eigenvalue weighted by Gasteiger charge is 2.38. The normalized spacial score (nSPS) is 19.3. The summed E-state index contributed by atoms with van der Waals surface area (Å²) >= 11 is 1.70. The summed E-state index contributed by atoms with van der Waals surface area (Å²) in [5.41, 5.74) is 8.71. The Hall–Kier alpha value is -2.70. The van der Waals surface area contributed by atoms with Crippen molar-refractivity contribution in [2.24, 2.45) is 0 Å². The van der Waals surface area contributed by atoms with E-state index in [0.717, 1.165) is 42.5 Å². The number of carbonyl (C=O) groups is 1. The van der Waals surface area contributed by atoms with Crippen LogP contribution in [0.5, 0.6) is 0 Å². The zero-order valence-electron chi connectivity index (χ0n) is 20.3. The summed E-state index contributed by atoms with van der Waals surface area (Å²) in [6.45, 7) is 9.66. The van der Waals surface area contributed by atoms with Gasteiger partial charge in [0.2, 0.25) is 5.91 Å². The molecule has 1 aromatic heterocycles. The molecule has 34 heavy (non-hydrogen) atoms. The van der Waals surface area contributed by atoms with E-state index >= 15 is 0 Å². The predicted molar refractivity (Wildman–Crippen MR) is 138 cm³/mol. The number of amides is 1. The van der Waals surface area contributed by atoms with Gasteiger partial charge < -0.3 is 5.32 Å². The van der Waals surface area contributed by atoms with Gasteiger partial charge in [0.1, 0.15) is 0 Å². The van der Waals surface area contributed by atoms with E-state index in [1.807, 2.05) is 33.8 Å². The minimum absolute atomic E-state index is 0.119. The van der Waals surface area contributed by atoms with Crippen LogP contribution >= 0.6 is 11.8 Å². The molecule has 1 aliphatic carbocycles. The number of aromatic nitrogens is 2. The third-order valence-electron chi connectivity index (χ3n) is 6.58. The van der Waals surface area contributed by atoms with E-state index in [1.54, 1.807) is 11.8 Å². The van der Waals surface area contributed by atoms with Gasteiger partial charge in [-0.15, -0.1) is 0 Å². The highest BCUT2D eigenvalue weighted by molar-refractivity contribution is 7.99. The number of benzene rings is 2. The van der Waals surface area contributed by atoms with Crippen LogP contribution in [0.3, 0.4) is 0 Å². The quantitative estimate of drug-likeness (QED) is 0.404. The molecule has 0 bridgehead atoms. The second-order valence-corrected chi connectivity index (χ2v) is 11.1. The highest BCUT2D eigenvalue weighted by atomic mass is 32.2. The van der Waals surface area contributed by atoms with Crippen LogP contribution < -0.4 is 5.32 Å². The van der Waals surface area contributed by atoms with Gasteiger partial charge in [-0.05, 0) is 74.4 Å². The maximum atomic E-state index is 13.1. The molecule has 2 atom stereocenters. The lowest BCUT2D eigenvalue weighted by Gasteiger charge is -2.24. The minimum Gasteiger partial charge on any atom is -0.353 e. The number of nitrogens with zero attached hydrogens (tertiary/aromatic N) is 3. The van der Waals surface area contributed by atoms with Crippen molar-refractivity contribution in [2.45, 2.75) is 69.6 Å². The summed E-state index contributed by atoms with van der Waals surface area (Å²) in [6.07, 6.45) is 1.79. The Bertz CT molecular complexity index is 1200. The molecule has 176 valence electrons. The summed E-state index contributed by atoms with van der Waals surface area (Å²) in [7, 11) is 0. The third-order valence-corrected chi connectivity index (χ3v) is 7.64. The van der Waals surface area contributed by atoms with Crippen molar-refractivity contribution in [1.82, 2.24) is 20.2 Å². The number of aryl methyl sites for hydroxylation is 2. The van der Waals surface area contributed by atoms with Crippen LogP contribution in [0.1, 0.15) is 48.3 Å². The van der Waals surface area contributed by atoms with Gasteiger partial charge in [0.25, 0.3) is 0 Å². The van der Waals surface area contributed by atoms with Crippen LogP contribution in [0, 0.1) is 13.8 Å². The molecule has 1 N–H and O–H groups in total. The van der Waals surface area contributed by atoms with Crippen molar-refractivity contribution in [3.05, 3.63) is 76.6 Å². The SMILES string of the molecule is Cc1cc(C)nc(S[C@H]2C[C@@H](C(=O)NC(C)C)N(Cc3ccc4c(c3)Cc3ccccc3-4)C2)n1. The molecule has 1 fully saturated rings. The second-order valence-electron chi connectivity index (χ2n) is 9.84. The number of rotatable bonds is 6. The molecule has 6 heteroatoms. The molecular weight excluding hydrogens is 440 g/mol. The molecule has 0 unspecified atom stereocenters. The maximum Gasteiger partial charge on any atom is 0.237 e. The number of hydrogen-bond donors (Lipinski definition) is 1. The monoisotopic (exact) mass is 472 g/mol. The number of carbonyl (C=O) groups excluding carboxylic acids is 1. The van der Waals surface area contributed by atoms with Crippen LogP contribution in [0.4, 0.5) is 0 Å². The van der Waals surface area contributed by atoms with Gasteiger partial charge in [-0.1, -0.05) is 54.2 Å². The topological polar surface area (TPSA) is 58.1 Å². The molecule has 1 amide bonds. The minimum atomic E-state index is -0.142. The number of fused-ring (bicyclic) bond motifs is 3. The molecule has 5 rings (SSSR count). The molecule has 3 aromatic rings. The van der Waals surface area contributed by atoms with Crippen molar-refractivity contribution in [3.8, 4) is 11.1 Å². The van der Waals surface area contributed by atoms with Gasteiger partial charge in [0, 0.05) is 35.8 Å². The fourth-order valence-corrected chi connectivity index (χ4v) is 6.44. The third kappa shape index (κ3) is 4.89. The van der Waals surface area contributed by atoms with Crippen molar-refractivity contribution >= 4 is 17.7 Å². The van der Waals surface area contributed by atoms with Crippen molar-refractivity contribution in [1.29, 1.82) is 0 Å². The Morgan fingerprint density at radius 1 is 1.06 bits per heavy atom. The van der Waals surface area contributed by atoms with Gasteiger partial charge in [0.15, 0.2) is 5.16 Å². The van der Waals surface area contributed by atoms with E-state index in [2.05, 4.69) is 62.6 Å². The number of thioether (sulfide) groups is 1. The Balaban J connectivity index is 1.35. The number of nitrogens with one attached hydrogen (secondary N) is 1. The lowest BCUT2D eigenvalue weighted by Crippen LogP contribution is -2.45. The fourth-order valence-electron chi connectivity index (χ4n) is 5.20. The largest absolute Gasteiger partial charge is 0.353 e. The average Bonchev–Trinajstić information content (AvgIpc) is 3.33. The molecule has 5 nitrogen and oxygen atoms in total. The standard InChI is InChI=1S/C28H32N4OS/c1-17(2)29-27(33)26-14-23(34-28-30-18(3)11-19(4)31-28)16-32(26)15-20-9-10-25-22(12-20)13-21-7-5-6-8-24(21)25/h5-12,17,23,26H,13-16H2,1-4H3,(H,29,33)/t23-,26-/m0/s1. The van der Waals surface area contributed by atoms with Gasteiger partial charge in [-0.2, -0.15) is 0 Å². The van der Waals surface area contributed by atoms with Gasteiger partial charge in [-0.3, -0.25) is 9.69 Å². The Labute approximate surface area is 206 Å². The highest BCUT2D eigenvalue weighted by Crippen LogP contribution is 2.38. The molecule has 0 spiro atoms. The Morgan fingerprint density at radius 3 is 2.56 bits per heavy atom. The number of hydrogen-bond acceptors (Lipinski definition) is 5. The molecule has 0 saturated carbocycles. The fraction of sp³-hybridized carbons (Fsp3) is 0.393. The lowest BCUT2D eigenvalue weighted by molar-refractivity contribution is -0.126. The van der Waals surface area contributed by atoms with E-state index in [-0.39, 0.29) is 23.2 Å². The first-order valence-electron chi connectivity index (χ1n) is 12.1. The zero-order chi connectivity index (χ0) is 23.8. The average molecular weight is 473 g/mol. The summed E-state index contributed by atoms with van der Waals surface area (Å²) in [6, 6.07) is 17.5. The van der Waals surface area contributed by atoms with Crippen LogP contribution in [0.2, 0.25) is 0 Å². The summed E-state index contributed by atoms with van der Waals surface area (Å²) in [4.78, 5) is 24.7. The molecule has 0 radical (unpaired) electrons. The first-order valence-corrected chi connectivity index (χ1v) is 13.0. The van der Waals surface area contributed by atoms with Crippen molar-refractivity contribution in [3.63, 3.8) is 0 Å². The number of likely N-dealkylation sites (tertiary alicyclic amines) is 1. The molecule has 1 saturated heterocycles. The van der Waals surface area contributed by atoms with E-state index in [1.165, 1.54) is 27.8 Å². The first kappa shape index (κ1) is 23.1. The van der Waals surface area contributed by atoms with Crippen molar-refractivity contribution < 1.29 is 4.79 Å². The first-order chi connectivity index (χ1) is 16.4. The van der Waals surface area contributed by atoms with Crippen LogP contribution in [-0.2, 0) is 17.8 Å². The van der Waals surface area contributed by atoms with Gasteiger partial charge in [0.05, 0.1) is 6.04 Å². The van der Waals surface area contributed by atoms with E-state index in [9.17, 15) is 4.79 Å². The van der Waals surface area contributed by atoms with Crippen LogP contribution in [0.15, 0.2) is 53.7 Å². The summed E-state index contributed by atoms with van der Waals surface area (Å²) in [5.74, 6) is 0.119. The van der Waals surface area contributed by atoms with E-state index < -0.39 is 0 Å². The Kier molecular flexibility index (Phi) is 6.45. The Morgan fingerprint density at radius 2 is 1.79 bits per heavy atom. The smallest absolute Gasteiger partial charge is 0.237 e. The zero-order valence-corrected chi connectivity index (χ0v) is 21.2. The van der Waals surface area contributed by atoms with Crippen LogP contribution in [0.25, 0.3) is 11.1 Å². The van der Waals surface area contributed by atoms with Crippen LogP contribution in [-0.4, -0.2) is 44.7 Å². The predicted octanol–water partition coefficient (Wildman–Crippen LogP) is 4.92. The van der Waals surface area contributed by atoms with E-state index in [4.69, 9.17) is 0 Å². The maximum absolute atomic E-state index is 13.1. The lowest BCUT2D eigenvalue weighted by atomic mass is 10.0. The molecule has 2 heterocycles. The van der Waals surface area contributed by atoms with Gasteiger partial charge >= 0.3 is 0 Å². The van der Waals surface area contributed by atoms with E-state index in [0.29, 0.717) is 0 Å². The molecule has 2 aliphatic rings. The molecule has 2 aromatic carbocycles. The van der Waals surface area contributed by atoms with Gasteiger partial charge in [-0.25, -0.2) is 9.97 Å².